The van der Waals surface area contributed by atoms with Gasteiger partial charge in [-0.3, -0.25) is 4.79 Å². The summed E-state index contributed by atoms with van der Waals surface area (Å²) in [4.78, 5) is 13.6. The van der Waals surface area contributed by atoms with E-state index in [4.69, 9.17) is 5.26 Å². The summed E-state index contributed by atoms with van der Waals surface area (Å²) < 4.78 is 13.8. The van der Waals surface area contributed by atoms with Crippen LogP contribution in [0.3, 0.4) is 0 Å². The lowest BCUT2D eigenvalue weighted by Crippen LogP contribution is -2.27. The molecule has 2 aromatic rings. The zero-order valence-corrected chi connectivity index (χ0v) is 12.2. The third-order valence-electron chi connectivity index (χ3n) is 2.86. The monoisotopic (exact) mass is 332 g/mol. The summed E-state index contributed by atoms with van der Waals surface area (Å²) in [5.41, 5.74) is 1.10. The van der Waals surface area contributed by atoms with Crippen molar-refractivity contribution in [3.8, 4) is 6.07 Å². The highest BCUT2D eigenvalue weighted by molar-refractivity contribution is 9.10. The van der Waals surface area contributed by atoms with E-state index in [2.05, 4.69) is 15.9 Å². The normalized spacial score (nSPS) is 9.90. The number of benzene rings is 2. The summed E-state index contributed by atoms with van der Waals surface area (Å²) in [6.45, 7) is 0. The summed E-state index contributed by atoms with van der Waals surface area (Å²) in [6.07, 6.45) is 0. The molecule has 1 amide bonds. The van der Waals surface area contributed by atoms with Gasteiger partial charge in [0.2, 0.25) is 0 Å². The lowest BCUT2D eigenvalue weighted by atomic mass is 10.1. The van der Waals surface area contributed by atoms with Crippen molar-refractivity contribution in [3.63, 3.8) is 0 Å². The summed E-state index contributed by atoms with van der Waals surface area (Å²) >= 11 is 3.04. The van der Waals surface area contributed by atoms with Gasteiger partial charge in [0.15, 0.2) is 0 Å². The van der Waals surface area contributed by atoms with Crippen LogP contribution in [0, 0.1) is 17.1 Å². The average Bonchev–Trinajstić information content (AvgIpc) is 2.48. The molecule has 0 spiro atoms. The molecule has 0 bridgehead atoms. The van der Waals surface area contributed by atoms with Gasteiger partial charge in [0.1, 0.15) is 11.9 Å². The Morgan fingerprint density at radius 2 is 2.00 bits per heavy atom. The van der Waals surface area contributed by atoms with Crippen molar-refractivity contribution >= 4 is 27.5 Å². The van der Waals surface area contributed by atoms with Gasteiger partial charge in [0.05, 0.1) is 15.7 Å². The van der Waals surface area contributed by atoms with Crippen LogP contribution in [-0.2, 0) is 0 Å². The Balaban J connectivity index is 2.38. The summed E-state index contributed by atoms with van der Waals surface area (Å²) in [5.74, 6) is -0.878. The SMILES string of the molecule is CN(C(=O)c1ccc(Br)c(F)c1)c1ccccc1C#N. The Bertz CT molecular complexity index is 709. The van der Waals surface area contributed by atoms with Gasteiger partial charge < -0.3 is 4.90 Å². The molecule has 0 saturated heterocycles. The van der Waals surface area contributed by atoms with Gasteiger partial charge >= 0.3 is 0 Å². The van der Waals surface area contributed by atoms with E-state index in [-0.39, 0.29) is 11.5 Å². The quantitative estimate of drug-likeness (QED) is 0.840. The van der Waals surface area contributed by atoms with E-state index in [1.54, 1.807) is 31.3 Å². The third-order valence-corrected chi connectivity index (χ3v) is 3.50. The van der Waals surface area contributed by atoms with Crippen LogP contribution in [0.5, 0.6) is 0 Å². The van der Waals surface area contributed by atoms with E-state index in [1.807, 2.05) is 6.07 Å². The summed E-state index contributed by atoms with van der Waals surface area (Å²) in [5, 5.41) is 9.05. The summed E-state index contributed by atoms with van der Waals surface area (Å²) in [7, 11) is 1.55. The first-order valence-corrected chi connectivity index (χ1v) is 6.56. The predicted octanol–water partition coefficient (Wildman–Crippen LogP) is 3.74. The molecule has 0 aromatic heterocycles. The summed E-state index contributed by atoms with van der Waals surface area (Å²) in [6, 6.07) is 13.0. The number of hydrogen-bond donors (Lipinski definition) is 0. The number of rotatable bonds is 2. The highest BCUT2D eigenvalue weighted by Crippen LogP contribution is 2.22. The highest BCUT2D eigenvalue weighted by atomic mass is 79.9. The van der Waals surface area contributed by atoms with Crippen molar-refractivity contribution in [1.82, 2.24) is 0 Å². The third kappa shape index (κ3) is 2.70. The van der Waals surface area contributed by atoms with E-state index in [0.717, 1.165) is 6.07 Å². The maximum absolute atomic E-state index is 13.5. The molecule has 0 radical (unpaired) electrons. The Hall–Kier alpha value is -2.19. The van der Waals surface area contributed by atoms with Gasteiger partial charge in [-0.15, -0.1) is 0 Å². The smallest absolute Gasteiger partial charge is 0.258 e. The van der Waals surface area contributed by atoms with Gasteiger partial charge in [0.25, 0.3) is 5.91 Å². The van der Waals surface area contributed by atoms with Crippen LogP contribution in [-0.4, -0.2) is 13.0 Å². The molecule has 0 aliphatic rings. The average molecular weight is 333 g/mol. The fourth-order valence-corrected chi connectivity index (χ4v) is 2.04. The van der Waals surface area contributed by atoms with Crippen LogP contribution in [0.1, 0.15) is 15.9 Å². The van der Waals surface area contributed by atoms with Crippen molar-refractivity contribution < 1.29 is 9.18 Å². The molecule has 0 unspecified atom stereocenters. The van der Waals surface area contributed by atoms with Crippen LogP contribution in [0.4, 0.5) is 10.1 Å². The Labute approximate surface area is 124 Å². The zero-order chi connectivity index (χ0) is 14.7. The lowest BCUT2D eigenvalue weighted by Gasteiger charge is -2.18. The molecular weight excluding hydrogens is 323 g/mol. The van der Waals surface area contributed by atoms with Crippen molar-refractivity contribution in [1.29, 1.82) is 5.26 Å². The fraction of sp³-hybridized carbons (Fsp3) is 0.0667. The largest absolute Gasteiger partial charge is 0.310 e. The van der Waals surface area contributed by atoms with Crippen LogP contribution in [0.15, 0.2) is 46.9 Å². The molecule has 5 heteroatoms. The molecular formula is C15H10BrFN2O. The van der Waals surface area contributed by atoms with E-state index in [9.17, 15) is 9.18 Å². The number of para-hydroxylation sites is 1. The minimum Gasteiger partial charge on any atom is -0.310 e. The van der Waals surface area contributed by atoms with Crippen LogP contribution >= 0.6 is 15.9 Å². The van der Waals surface area contributed by atoms with Crippen molar-refractivity contribution in [2.45, 2.75) is 0 Å². The second-order valence-corrected chi connectivity index (χ2v) is 4.98. The topological polar surface area (TPSA) is 44.1 Å². The van der Waals surface area contributed by atoms with Crippen molar-refractivity contribution in [3.05, 3.63) is 63.9 Å². The van der Waals surface area contributed by atoms with Gasteiger partial charge in [-0.05, 0) is 46.3 Å². The molecule has 2 aromatic carbocycles. The Morgan fingerprint density at radius 3 is 2.65 bits per heavy atom. The number of carbonyl (C=O) groups is 1. The standard InChI is InChI=1S/C15H10BrFN2O/c1-19(14-5-3-2-4-11(14)9-18)15(20)10-6-7-12(16)13(17)8-10/h2-8H,1H3. The number of carbonyl (C=O) groups excluding carboxylic acids is 1. The minimum absolute atomic E-state index is 0.223. The zero-order valence-electron chi connectivity index (χ0n) is 10.6. The van der Waals surface area contributed by atoms with Crippen LogP contribution in [0.25, 0.3) is 0 Å². The van der Waals surface area contributed by atoms with Crippen LogP contribution < -0.4 is 4.90 Å². The van der Waals surface area contributed by atoms with E-state index in [1.165, 1.54) is 17.0 Å². The first kappa shape index (κ1) is 14.2. The van der Waals surface area contributed by atoms with Crippen molar-refractivity contribution in [2.75, 3.05) is 11.9 Å². The fourth-order valence-electron chi connectivity index (χ4n) is 1.79. The molecule has 0 aliphatic carbocycles. The van der Waals surface area contributed by atoms with Crippen LogP contribution in [0.2, 0.25) is 0 Å². The molecule has 0 aliphatic heterocycles. The molecule has 0 N–H and O–H groups in total. The molecule has 0 saturated carbocycles. The molecule has 2 rings (SSSR count). The lowest BCUT2D eigenvalue weighted by molar-refractivity contribution is 0.0992. The number of hydrogen-bond acceptors (Lipinski definition) is 2. The van der Waals surface area contributed by atoms with Crippen molar-refractivity contribution in [2.24, 2.45) is 0 Å². The van der Waals surface area contributed by atoms with E-state index >= 15 is 0 Å². The predicted molar refractivity (Wildman–Crippen MR) is 78.0 cm³/mol. The highest BCUT2D eigenvalue weighted by Gasteiger charge is 2.17. The second kappa shape index (κ2) is 5.85. The number of nitrogens with zero attached hydrogens (tertiary/aromatic N) is 2. The Morgan fingerprint density at radius 1 is 1.30 bits per heavy atom. The van der Waals surface area contributed by atoms with E-state index in [0.29, 0.717) is 15.7 Å². The van der Waals surface area contributed by atoms with Gasteiger partial charge in [-0.1, -0.05) is 12.1 Å². The molecule has 100 valence electrons. The number of halogens is 2. The number of nitriles is 1. The minimum atomic E-state index is -0.502. The molecule has 20 heavy (non-hydrogen) atoms. The molecule has 0 fully saturated rings. The Kier molecular flexibility index (Phi) is 4.16. The molecule has 0 heterocycles. The maximum atomic E-state index is 13.5. The molecule has 0 atom stereocenters. The number of anilines is 1. The van der Waals surface area contributed by atoms with Gasteiger partial charge in [-0.25, -0.2) is 4.39 Å². The maximum Gasteiger partial charge on any atom is 0.258 e. The number of amides is 1. The van der Waals surface area contributed by atoms with Gasteiger partial charge in [-0.2, -0.15) is 5.26 Å². The first-order chi connectivity index (χ1) is 9.54. The second-order valence-electron chi connectivity index (χ2n) is 4.12. The van der Waals surface area contributed by atoms with E-state index < -0.39 is 5.82 Å². The van der Waals surface area contributed by atoms with Gasteiger partial charge in [0, 0.05) is 12.6 Å². The molecule has 3 nitrogen and oxygen atoms in total. The first-order valence-electron chi connectivity index (χ1n) is 5.77.